The summed E-state index contributed by atoms with van der Waals surface area (Å²) in [6, 6.07) is 1.25. The maximum Gasteiger partial charge on any atom is 0.318 e. The zero-order chi connectivity index (χ0) is 15.3. The predicted octanol–water partition coefficient (Wildman–Crippen LogP) is 4.07. The number of hydrogen-bond acceptors (Lipinski definition) is 5. The molecular weight excluding hydrogens is 286 g/mol. The number of anilines is 1. The van der Waals surface area contributed by atoms with Gasteiger partial charge in [-0.25, -0.2) is 0 Å². The van der Waals surface area contributed by atoms with Crippen molar-refractivity contribution < 1.29 is 9.85 Å². The molecule has 0 aliphatic heterocycles. The van der Waals surface area contributed by atoms with Crippen LogP contribution in [0, 0.1) is 27.2 Å². The second kappa shape index (κ2) is 7.04. The van der Waals surface area contributed by atoms with Crippen LogP contribution in [0.3, 0.4) is 0 Å². The third-order valence-electron chi connectivity index (χ3n) is 2.86. The molecule has 1 N–H and O–H groups in total. The Morgan fingerprint density at radius 3 is 2.40 bits per heavy atom. The second-order valence-corrected chi connectivity index (χ2v) is 4.78. The highest BCUT2D eigenvalue weighted by atomic mass is 35.5. The summed E-state index contributed by atoms with van der Waals surface area (Å²) in [5.41, 5.74) is -0.569. The second-order valence-electron chi connectivity index (χ2n) is 4.40. The van der Waals surface area contributed by atoms with Crippen molar-refractivity contribution in [3.8, 4) is 0 Å². The van der Waals surface area contributed by atoms with Crippen LogP contribution in [0.5, 0.6) is 0 Å². The van der Waals surface area contributed by atoms with Gasteiger partial charge in [-0.1, -0.05) is 31.4 Å². The summed E-state index contributed by atoms with van der Waals surface area (Å²) < 4.78 is 0. The highest BCUT2D eigenvalue weighted by Crippen LogP contribution is 2.41. The fourth-order valence-electron chi connectivity index (χ4n) is 1.84. The molecule has 110 valence electrons. The molecule has 0 spiro atoms. The topological polar surface area (TPSA) is 98.3 Å². The van der Waals surface area contributed by atoms with E-state index in [1.54, 1.807) is 0 Å². The molecule has 20 heavy (non-hydrogen) atoms. The van der Waals surface area contributed by atoms with Gasteiger partial charge in [-0.2, -0.15) is 0 Å². The summed E-state index contributed by atoms with van der Waals surface area (Å²) in [7, 11) is 0. The van der Waals surface area contributed by atoms with E-state index in [1.165, 1.54) is 13.0 Å². The first-order valence-electron chi connectivity index (χ1n) is 6.25. The van der Waals surface area contributed by atoms with Crippen LogP contribution >= 0.6 is 11.6 Å². The van der Waals surface area contributed by atoms with Crippen LogP contribution in [0.25, 0.3) is 0 Å². The Labute approximate surface area is 121 Å². The van der Waals surface area contributed by atoms with Crippen LogP contribution in [0.15, 0.2) is 6.07 Å². The molecule has 8 heteroatoms. The monoisotopic (exact) mass is 301 g/mol. The summed E-state index contributed by atoms with van der Waals surface area (Å²) in [6.07, 6.45) is 2.70. The summed E-state index contributed by atoms with van der Waals surface area (Å²) in [5, 5.41) is 24.9. The lowest BCUT2D eigenvalue weighted by Gasteiger charge is -2.10. The number of rotatable bonds is 7. The van der Waals surface area contributed by atoms with Crippen LogP contribution < -0.4 is 5.32 Å². The van der Waals surface area contributed by atoms with Crippen molar-refractivity contribution in [2.24, 2.45) is 0 Å². The molecule has 0 fully saturated rings. The van der Waals surface area contributed by atoms with Gasteiger partial charge in [0.1, 0.15) is 5.02 Å². The van der Waals surface area contributed by atoms with Crippen LogP contribution in [0.4, 0.5) is 17.1 Å². The van der Waals surface area contributed by atoms with Gasteiger partial charge in [-0.3, -0.25) is 20.2 Å². The minimum Gasteiger partial charge on any atom is -0.374 e. The molecule has 0 bridgehead atoms. The van der Waals surface area contributed by atoms with Gasteiger partial charge in [0.25, 0.3) is 5.69 Å². The van der Waals surface area contributed by atoms with Crippen LogP contribution in [-0.4, -0.2) is 16.4 Å². The van der Waals surface area contributed by atoms with E-state index in [0.29, 0.717) is 12.1 Å². The summed E-state index contributed by atoms with van der Waals surface area (Å²) in [6.45, 7) is 3.95. The van der Waals surface area contributed by atoms with E-state index in [2.05, 4.69) is 5.32 Å². The Morgan fingerprint density at radius 1 is 1.25 bits per heavy atom. The van der Waals surface area contributed by atoms with Crippen molar-refractivity contribution in [2.45, 2.75) is 33.1 Å². The van der Waals surface area contributed by atoms with Crippen LogP contribution in [0.1, 0.15) is 31.7 Å². The number of halogens is 1. The Hall–Kier alpha value is -1.89. The minimum absolute atomic E-state index is 0.0707. The fraction of sp³-hybridized carbons (Fsp3) is 0.500. The van der Waals surface area contributed by atoms with E-state index in [-0.39, 0.29) is 16.4 Å². The van der Waals surface area contributed by atoms with Gasteiger partial charge in [0.2, 0.25) is 0 Å². The zero-order valence-corrected chi connectivity index (χ0v) is 12.1. The van der Waals surface area contributed by atoms with E-state index in [9.17, 15) is 20.2 Å². The average Bonchev–Trinajstić information content (AvgIpc) is 2.37. The number of nitro benzene ring substituents is 2. The standard InChI is InChI=1S/C12H16ClN3O4/c1-3-4-5-6-14-11-9(15(17)18)7-8(2)10(13)12(11)16(19)20/h7,14H,3-6H2,1-2H3. The summed E-state index contributed by atoms with van der Waals surface area (Å²) in [5.74, 6) is 0. The van der Waals surface area contributed by atoms with Gasteiger partial charge in [0.15, 0.2) is 5.69 Å². The van der Waals surface area contributed by atoms with Gasteiger partial charge in [0, 0.05) is 12.6 Å². The maximum atomic E-state index is 11.1. The molecule has 0 atom stereocenters. The van der Waals surface area contributed by atoms with E-state index >= 15 is 0 Å². The fourth-order valence-corrected chi connectivity index (χ4v) is 2.05. The van der Waals surface area contributed by atoms with Gasteiger partial charge < -0.3 is 5.32 Å². The van der Waals surface area contributed by atoms with Crippen molar-refractivity contribution in [1.82, 2.24) is 0 Å². The first kappa shape index (κ1) is 16.2. The number of nitrogens with one attached hydrogen (secondary N) is 1. The molecule has 0 aliphatic carbocycles. The first-order chi connectivity index (χ1) is 9.40. The van der Waals surface area contributed by atoms with E-state index in [0.717, 1.165) is 19.3 Å². The Balaban J connectivity index is 3.25. The molecule has 1 rings (SSSR count). The summed E-state index contributed by atoms with van der Waals surface area (Å²) in [4.78, 5) is 20.8. The number of unbranched alkanes of at least 4 members (excludes halogenated alkanes) is 2. The quantitative estimate of drug-likeness (QED) is 0.465. The number of benzene rings is 1. The molecule has 0 amide bonds. The molecule has 1 aromatic carbocycles. The first-order valence-corrected chi connectivity index (χ1v) is 6.63. The summed E-state index contributed by atoms with van der Waals surface area (Å²) >= 11 is 5.91. The van der Waals surface area contributed by atoms with Gasteiger partial charge in [-0.15, -0.1) is 0 Å². The normalized spacial score (nSPS) is 10.3. The highest BCUT2D eigenvalue weighted by Gasteiger charge is 2.30. The van der Waals surface area contributed by atoms with Crippen molar-refractivity contribution in [2.75, 3.05) is 11.9 Å². The molecule has 0 aliphatic rings. The smallest absolute Gasteiger partial charge is 0.318 e. The number of nitro groups is 2. The van der Waals surface area contributed by atoms with E-state index in [4.69, 9.17) is 11.6 Å². The Kier molecular flexibility index (Phi) is 5.69. The average molecular weight is 302 g/mol. The van der Waals surface area contributed by atoms with Crippen LogP contribution in [0.2, 0.25) is 5.02 Å². The molecule has 0 unspecified atom stereocenters. The number of aryl methyl sites for hydroxylation is 1. The van der Waals surface area contributed by atoms with Crippen molar-refractivity contribution in [1.29, 1.82) is 0 Å². The lowest BCUT2D eigenvalue weighted by atomic mass is 10.1. The molecule has 0 heterocycles. The predicted molar refractivity (Wildman–Crippen MR) is 77.5 cm³/mol. The van der Waals surface area contributed by atoms with E-state index in [1.807, 2.05) is 6.92 Å². The minimum atomic E-state index is -0.690. The third-order valence-corrected chi connectivity index (χ3v) is 3.34. The lowest BCUT2D eigenvalue weighted by Crippen LogP contribution is -2.08. The van der Waals surface area contributed by atoms with Crippen molar-refractivity contribution >= 4 is 28.7 Å². The Morgan fingerprint density at radius 2 is 1.90 bits per heavy atom. The van der Waals surface area contributed by atoms with Crippen molar-refractivity contribution in [3.05, 3.63) is 36.9 Å². The van der Waals surface area contributed by atoms with Gasteiger partial charge >= 0.3 is 5.69 Å². The highest BCUT2D eigenvalue weighted by molar-refractivity contribution is 6.34. The maximum absolute atomic E-state index is 11.1. The van der Waals surface area contributed by atoms with Gasteiger partial charge in [0.05, 0.1) is 9.85 Å². The molecule has 0 radical (unpaired) electrons. The number of nitrogens with zero attached hydrogens (tertiary/aromatic N) is 2. The molecule has 0 saturated carbocycles. The largest absolute Gasteiger partial charge is 0.374 e. The number of hydrogen-bond donors (Lipinski definition) is 1. The molecular formula is C12H16ClN3O4. The molecule has 7 nitrogen and oxygen atoms in total. The lowest BCUT2D eigenvalue weighted by molar-refractivity contribution is -0.392. The van der Waals surface area contributed by atoms with Gasteiger partial charge in [-0.05, 0) is 18.9 Å². The molecule has 0 saturated heterocycles. The zero-order valence-electron chi connectivity index (χ0n) is 11.3. The van der Waals surface area contributed by atoms with Crippen molar-refractivity contribution in [3.63, 3.8) is 0 Å². The molecule has 1 aromatic rings. The molecule has 0 aromatic heterocycles. The SMILES string of the molecule is CCCCCNc1c([N+](=O)[O-])cc(C)c(Cl)c1[N+](=O)[O-]. The Bertz CT molecular complexity index is 534. The van der Waals surface area contributed by atoms with Crippen LogP contribution in [-0.2, 0) is 0 Å². The van der Waals surface area contributed by atoms with E-state index < -0.39 is 15.5 Å². The third kappa shape index (κ3) is 3.57.